The number of furan rings is 1. The third-order valence-electron chi connectivity index (χ3n) is 3.84. The van der Waals surface area contributed by atoms with Crippen LogP contribution in [0.2, 0.25) is 0 Å². The zero-order valence-corrected chi connectivity index (χ0v) is 12.4. The highest BCUT2D eigenvalue weighted by atomic mass is 16.3. The lowest BCUT2D eigenvalue weighted by Gasteiger charge is -2.31. The number of hydrogen-bond donors (Lipinski definition) is 2. The Labute approximate surface area is 132 Å². The number of rotatable bonds is 3. The number of amides is 2. The zero-order chi connectivity index (χ0) is 16.2. The van der Waals surface area contributed by atoms with E-state index in [4.69, 9.17) is 4.42 Å². The zero-order valence-electron chi connectivity index (χ0n) is 12.4. The molecule has 0 saturated carbocycles. The van der Waals surface area contributed by atoms with Gasteiger partial charge >= 0.3 is 0 Å². The van der Waals surface area contributed by atoms with Crippen molar-refractivity contribution in [3.63, 3.8) is 0 Å². The minimum atomic E-state index is -0.343. The van der Waals surface area contributed by atoms with Gasteiger partial charge in [0.05, 0.1) is 12.2 Å². The van der Waals surface area contributed by atoms with Gasteiger partial charge in [0.1, 0.15) is 0 Å². The number of nitrogens with one attached hydrogen (secondary N) is 1. The minimum Gasteiger partial charge on any atom is -0.504 e. The number of carbonyl (C=O) groups excluding carboxylic acids is 2. The van der Waals surface area contributed by atoms with E-state index in [1.165, 1.54) is 18.5 Å². The lowest BCUT2D eigenvalue weighted by atomic mass is 9.97. The van der Waals surface area contributed by atoms with Crippen molar-refractivity contribution in [2.75, 3.05) is 18.4 Å². The molecule has 3 heterocycles. The van der Waals surface area contributed by atoms with E-state index in [9.17, 15) is 14.7 Å². The van der Waals surface area contributed by atoms with Crippen molar-refractivity contribution in [2.45, 2.75) is 12.8 Å². The summed E-state index contributed by atoms with van der Waals surface area (Å²) in [4.78, 5) is 30.2. The van der Waals surface area contributed by atoms with Crippen LogP contribution in [0.4, 0.5) is 5.82 Å². The predicted octanol–water partition coefficient (Wildman–Crippen LogP) is 1.87. The number of aromatic hydroxyl groups is 1. The van der Waals surface area contributed by atoms with Crippen LogP contribution in [0.5, 0.6) is 5.75 Å². The number of carbonyl (C=O) groups is 2. The summed E-state index contributed by atoms with van der Waals surface area (Å²) in [6.07, 6.45) is 4.36. The van der Waals surface area contributed by atoms with Gasteiger partial charge in [0.2, 0.25) is 5.91 Å². The molecule has 0 radical (unpaired) electrons. The molecule has 1 aliphatic rings. The lowest BCUT2D eigenvalue weighted by Crippen LogP contribution is -2.43. The Balaban J connectivity index is 1.65. The molecule has 2 N–H and O–H groups in total. The van der Waals surface area contributed by atoms with Crippen LogP contribution in [-0.4, -0.2) is 39.9 Å². The van der Waals surface area contributed by atoms with Crippen molar-refractivity contribution < 1.29 is 19.1 Å². The molecule has 0 spiro atoms. The van der Waals surface area contributed by atoms with Gasteiger partial charge in [0.15, 0.2) is 17.3 Å². The first kappa shape index (κ1) is 15.1. The first-order valence-electron chi connectivity index (χ1n) is 7.43. The molecule has 7 nitrogen and oxygen atoms in total. The fourth-order valence-corrected chi connectivity index (χ4v) is 2.64. The molecule has 0 unspecified atom stereocenters. The van der Waals surface area contributed by atoms with Gasteiger partial charge in [0, 0.05) is 19.3 Å². The number of hydrogen-bond acceptors (Lipinski definition) is 5. The van der Waals surface area contributed by atoms with Crippen molar-refractivity contribution >= 4 is 17.6 Å². The van der Waals surface area contributed by atoms with E-state index in [0.717, 1.165) is 6.42 Å². The molecule has 2 amide bonds. The molecule has 0 aromatic carbocycles. The largest absolute Gasteiger partial charge is 0.504 e. The van der Waals surface area contributed by atoms with Crippen LogP contribution in [0.3, 0.4) is 0 Å². The van der Waals surface area contributed by atoms with Gasteiger partial charge in [-0.25, -0.2) is 4.98 Å². The SMILES string of the molecule is O=C(Nc1ncccc1O)[C@@H]1CCCN(C(=O)c2ccco2)C1. The maximum Gasteiger partial charge on any atom is 0.289 e. The fourth-order valence-electron chi connectivity index (χ4n) is 2.64. The summed E-state index contributed by atoms with van der Waals surface area (Å²) in [5.41, 5.74) is 0. The topological polar surface area (TPSA) is 95.7 Å². The van der Waals surface area contributed by atoms with Crippen LogP contribution >= 0.6 is 0 Å². The van der Waals surface area contributed by atoms with Gasteiger partial charge < -0.3 is 19.7 Å². The van der Waals surface area contributed by atoms with Gasteiger partial charge in [0.25, 0.3) is 5.91 Å². The lowest BCUT2D eigenvalue weighted by molar-refractivity contribution is -0.121. The highest BCUT2D eigenvalue weighted by Crippen LogP contribution is 2.23. The number of aromatic nitrogens is 1. The van der Waals surface area contributed by atoms with Gasteiger partial charge in [-0.15, -0.1) is 0 Å². The first-order chi connectivity index (χ1) is 11.1. The maximum atomic E-state index is 12.4. The van der Waals surface area contributed by atoms with E-state index in [0.29, 0.717) is 19.5 Å². The van der Waals surface area contributed by atoms with E-state index in [1.807, 2.05) is 0 Å². The molecule has 1 atom stereocenters. The monoisotopic (exact) mass is 315 g/mol. The third-order valence-corrected chi connectivity index (χ3v) is 3.84. The van der Waals surface area contributed by atoms with Crippen molar-refractivity contribution in [1.29, 1.82) is 0 Å². The molecule has 23 heavy (non-hydrogen) atoms. The number of piperidine rings is 1. The Morgan fingerprint density at radius 1 is 1.35 bits per heavy atom. The van der Waals surface area contributed by atoms with E-state index < -0.39 is 0 Å². The van der Waals surface area contributed by atoms with Crippen molar-refractivity contribution in [2.24, 2.45) is 5.92 Å². The molecule has 1 saturated heterocycles. The van der Waals surface area contributed by atoms with Gasteiger partial charge in [-0.3, -0.25) is 9.59 Å². The average Bonchev–Trinajstić information content (AvgIpc) is 3.11. The second-order valence-corrected chi connectivity index (χ2v) is 5.43. The van der Waals surface area contributed by atoms with Crippen LogP contribution in [-0.2, 0) is 4.79 Å². The highest BCUT2D eigenvalue weighted by molar-refractivity contribution is 5.95. The normalized spacial score (nSPS) is 17.7. The number of anilines is 1. The van der Waals surface area contributed by atoms with Crippen molar-refractivity contribution in [3.8, 4) is 5.75 Å². The molecule has 0 aliphatic carbocycles. The van der Waals surface area contributed by atoms with Gasteiger partial charge in [-0.2, -0.15) is 0 Å². The van der Waals surface area contributed by atoms with Crippen LogP contribution in [0.15, 0.2) is 41.1 Å². The van der Waals surface area contributed by atoms with Crippen LogP contribution in [0, 0.1) is 5.92 Å². The van der Waals surface area contributed by atoms with E-state index in [-0.39, 0.29) is 35.1 Å². The second kappa shape index (κ2) is 6.51. The minimum absolute atomic E-state index is 0.0832. The Morgan fingerprint density at radius 3 is 2.96 bits per heavy atom. The van der Waals surface area contributed by atoms with E-state index >= 15 is 0 Å². The smallest absolute Gasteiger partial charge is 0.289 e. The average molecular weight is 315 g/mol. The summed E-state index contributed by atoms with van der Waals surface area (Å²) < 4.78 is 5.12. The number of pyridine rings is 1. The fraction of sp³-hybridized carbons (Fsp3) is 0.312. The summed E-state index contributed by atoms with van der Waals surface area (Å²) in [5.74, 6) is -0.492. The summed E-state index contributed by atoms with van der Waals surface area (Å²) in [6, 6.07) is 6.30. The quantitative estimate of drug-likeness (QED) is 0.901. The van der Waals surface area contributed by atoms with Crippen LogP contribution in [0.25, 0.3) is 0 Å². The van der Waals surface area contributed by atoms with Crippen LogP contribution in [0.1, 0.15) is 23.4 Å². The summed E-state index contributed by atoms with van der Waals surface area (Å²) >= 11 is 0. The first-order valence-corrected chi connectivity index (χ1v) is 7.43. The molecule has 0 bridgehead atoms. The molecule has 2 aromatic rings. The van der Waals surface area contributed by atoms with Gasteiger partial charge in [-0.05, 0) is 37.1 Å². The predicted molar refractivity (Wildman–Crippen MR) is 81.9 cm³/mol. The summed E-state index contributed by atoms with van der Waals surface area (Å²) in [5, 5.41) is 12.3. The van der Waals surface area contributed by atoms with Crippen molar-refractivity contribution in [1.82, 2.24) is 9.88 Å². The Bertz CT molecular complexity index is 699. The molecule has 3 rings (SSSR count). The Kier molecular flexibility index (Phi) is 4.27. The Hall–Kier alpha value is -2.83. The molecule has 7 heteroatoms. The molecule has 2 aromatic heterocycles. The Morgan fingerprint density at radius 2 is 2.22 bits per heavy atom. The standard InChI is InChI=1S/C16H17N3O4/c20-12-5-1-7-17-14(12)18-15(21)11-4-2-8-19(10-11)16(22)13-6-3-9-23-13/h1,3,5-7,9,11,20H,2,4,8,10H2,(H,17,18,21)/t11-/m1/s1. The second-order valence-electron chi connectivity index (χ2n) is 5.43. The molecular formula is C16H17N3O4. The highest BCUT2D eigenvalue weighted by Gasteiger charge is 2.30. The maximum absolute atomic E-state index is 12.4. The van der Waals surface area contributed by atoms with Crippen molar-refractivity contribution in [3.05, 3.63) is 42.5 Å². The van der Waals surface area contributed by atoms with E-state index in [1.54, 1.807) is 23.1 Å². The number of likely N-dealkylation sites (tertiary alicyclic amines) is 1. The summed E-state index contributed by atoms with van der Waals surface area (Å²) in [7, 11) is 0. The number of nitrogens with zero attached hydrogens (tertiary/aromatic N) is 2. The summed E-state index contributed by atoms with van der Waals surface area (Å²) in [6.45, 7) is 0.914. The molecule has 1 aliphatic heterocycles. The molecule has 1 fully saturated rings. The molecular weight excluding hydrogens is 298 g/mol. The van der Waals surface area contributed by atoms with Crippen LogP contribution < -0.4 is 5.32 Å². The third kappa shape index (κ3) is 3.33. The van der Waals surface area contributed by atoms with Gasteiger partial charge in [-0.1, -0.05) is 0 Å². The molecule has 120 valence electrons. The van der Waals surface area contributed by atoms with E-state index in [2.05, 4.69) is 10.3 Å².